The van der Waals surface area contributed by atoms with Gasteiger partial charge >= 0.3 is 0 Å². The predicted octanol–water partition coefficient (Wildman–Crippen LogP) is 5.91. The number of carbonyl (C=O) groups is 2. The largest absolute Gasteiger partial charge is 0.497 e. The SMILES string of the molecule is CCC(=O)N1c2ccccc2NC2=C(C(=O)C[C@@H](c3ccc(OC)cc3)C2)[C@@H]1c1cccc([N+](=O)[O-])c1. The van der Waals surface area contributed by atoms with Gasteiger partial charge in [0.2, 0.25) is 5.91 Å². The molecule has 0 saturated carbocycles. The maximum absolute atomic E-state index is 13.9. The van der Waals surface area contributed by atoms with Gasteiger partial charge in [0.25, 0.3) is 5.69 Å². The zero-order chi connectivity index (χ0) is 26.1. The quantitative estimate of drug-likeness (QED) is 0.347. The second-order valence-electron chi connectivity index (χ2n) is 9.21. The molecule has 2 atom stereocenters. The van der Waals surface area contributed by atoms with E-state index in [1.165, 1.54) is 12.1 Å². The maximum atomic E-state index is 13.9. The first kappa shape index (κ1) is 24.2. The van der Waals surface area contributed by atoms with Gasteiger partial charge in [0, 0.05) is 36.2 Å². The molecule has 0 radical (unpaired) electrons. The van der Waals surface area contributed by atoms with Gasteiger partial charge in [-0.05, 0) is 47.7 Å². The van der Waals surface area contributed by atoms with Crippen molar-refractivity contribution in [3.63, 3.8) is 0 Å². The van der Waals surface area contributed by atoms with Crippen molar-refractivity contribution in [3.05, 3.63) is 105 Å². The van der Waals surface area contributed by atoms with Gasteiger partial charge in [0.05, 0.1) is 29.4 Å². The van der Waals surface area contributed by atoms with Gasteiger partial charge in [-0.1, -0.05) is 43.3 Å². The Labute approximate surface area is 214 Å². The number of amides is 1. The van der Waals surface area contributed by atoms with Gasteiger partial charge < -0.3 is 10.1 Å². The van der Waals surface area contributed by atoms with E-state index in [1.54, 1.807) is 31.1 Å². The Morgan fingerprint density at radius 1 is 1.05 bits per heavy atom. The third-order valence-corrected chi connectivity index (χ3v) is 7.04. The topological polar surface area (TPSA) is 102 Å². The van der Waals surface area contributed by atoms with E-state index >= 15 is 0 Å². The fraction of sp³-hybridized carbons (Fsp3) is 0.241. The summed E-state index contributed by atoms with van der Waals surface area (Å²) < 4.78 is 5.28. The summed E-state index contributed by atoms with van der Waals surface area (Å²) in [5, 5.41) is 15.1. The van der Waals surface area contributed by atoms with Crippen LogP contribution in [0.3, 0.4) is 0 Å². The third kappa shape index (κ3) is 4.46. The van der Waals surface area contributed by atoms with Crippen molar-refractivity contribution < 1.29 is 19.2 Å². The van der Waals surface area contributed by atoms with Crippen molar-refractivity contribution in [1.29, 1.82) is 0 Å². The molecule has 1 heterocycles. The number of rotatable bonds is 5. The lowest BCUT2D eigenvalue weighted by molar-refractivity contribution is -0.384. The van der Waals surface area contributed by atoms with Crippen molar-refractivity contribution in [3.8, 4) is 5.75 Å². The number of allylic oxidation sites excluding steroid dienone is 1. The lowest BCUT2D eigenvalue weighted by Crippen LogP contribution is -2.38. The number of carbonyl (C=O) groups excluding carboxylic acids is 2. The summed E-state index contributed by atoms with van der Waals surface area (Å²) in [7, 11) is 1.61. The van der Waals surface area contributed by atoms with Crippen LogP contribution in [-0.2, 0) is 9.59 Å². The Hall–Kier alpha value is -4.46. The van der Waals surface area contributed by atoms with Crippen molar-refractivity contribution >= 4 is 28.8 Å². The molecular weight excluding hydrogens is 470 g/mol. The number of nitrogens with zero attached hydrogens (tertiary/aromatic N) is 2. The highest BCUT2D eigenvalue weighted by Gasteiger charge is 2.41. The van der Waals surface area contributed by atoms with Crippen LogP contribution in [0.4, 0.5) is 17.1 Å². The highest BCUT2D eigenvalue weighted by molar-refractivity contribution is 6.06. The summed E-state index contributed by atoms with van der Waals surface area (Å²) >= 11 is 0. The van der Waals surface area contributed by atoms with E-state index in [2.05, 4.69) is 5.32 Å². The number of para-hydroxylation sites is 2. The maximum Gasteiger partial charge on any atom is 0.269 e. The molecular formula is C29H27N3O5. The van der Waals surface area contributed by atoms with E-state index in [0.29, 0.717) is 28.9 Å². The monoisotopic (exact) mass is 497 g/mol. The molecule has 0 spiro atoms. The molecule has 0 aromatic heterocycles. The highest BCUT2D eigenvalue weighted by atomic mass is 16.6. The number of ether oxygens (including phenoxy) is 1. The first-order valence-electron chi connectivity index (χ1n) is 12.2. The normalized spacial score (nSPS) is 18.9. The number of fused-ring (bicyclic) bond motifs is 1. The van der Waals surface area contributed by atoms with Crippen molar-refractivity contribution in [2.75, 3.05) is 17.3 Å². The molecule has 8 heteroatoms. The number of nitrogens with one attached hydrogen (secondary N) is 1. The number of hydrogen-bond acceptors (Lipinski definition) is 6. The van der Waals surface area contributed by atoms with Crippen LogP contribution >= 0.6 is 0 Å². The molecule has 1 amide bonds. The molecule has 1 N–H and O–H groups in total. The molecule has 1 aliphatic carbocycles. The Kier molecular flexibility index (Phi) is 6.48. The zero-order valence-corrected chi connectivity index (χ0v) is 20.6. The predicted molar refractivity (Wildman–Crippen MR) is 141 cm³/mol. The smallest absolute Gasteiger partial charge is 0.269 e. The molecule has 0 fully saturated rings. The van der Waals surface area contributed by atoms with E-state index in [-0.39, 0.29) is 36.1 Å². The molecule has 37 heavy (non-hydrogen) atoms. The molecule has 8 nitrogen and oxygen atoms in total. The van der Waals surface area contributed by atoms with Gasteiger partial charge in [-0.15, -0.1) is 0 Å². The molecule has 3 aromatic carbocycles. The van der Waals surface area contributed by atoms with Crippen LogP contribution in [0.25, 0.3) is 0 Å². The van der Waals surface area contributed by atoms with Crippen molar-refractivity contribution in [2.45, 2.75) is 38.1 Å². The second kappa shape index (κ2) is 9.89. The van der Waals surface area contributed by atoms with Crippen LogP contribution < -0.4 is 15.0 Å². The summed E-state index contributed by atoms with van der Waals surface area (Å²) in [5.74, 6) is 0.417. The Morgan fingerprint density at radius 2 is 1.81 bits per heavy atom. The van der Waals surface area contributed by atoms with Crippen LogP contribution in [0, 0.1) is 10.1 Å². The van der Waals surface area contributed by atoms with Crippen LogP contribution in [0.5, 0.6) is 5.75 Å². The summed E-state index contributed by atoms with van der Waals surface area (Å²) in [6, 6.07) is 20.6. The van der Waals surface area contributed by atoms with Crippen LogP contribution in [0.1, 0.15) is 49.3 Å². The average molecular weight is 498 g/mol. The molecule has 3 aromatic rings. The Balaban J connectivity index is 1.69. The molecule has 0 bridgehead atoms. The van der Waals surface area contributed by atoms with Crippen LogP contribution in [-0.4, -0.2) is 23.7 Å². The van der Waals surface area contributed by atoms with Crippen molar-refractivity contribution in [2.24, 2.45) is 0 Å². The fourth-order valence-corrected chi connectivity index (χ4v) is 5.27. The van der Waals surface area contributed by atoms with Gasteiger partial charge in [-0.3, -0.25) is 24.6 Å². The number of non-ortho nitro benzene ring substituents is 1. The van der Waals surface area contributed by atoms with Crippen LogP contribution in [0.15, 0.2) is 84.1 Å². The lowest BCUT2D eigenvalue weighted by Gasteiger charge is -2.35. The number of nitro groups is 1. The standard InChI is InChI=1S/C29H27N3O5/c1-3-27(34)31-25-10-5-4-9-23(25)30-24-16-20(18-11-13-22(37-2)14-12-18)17-26(33)28(24)29(31)19-7-6-8-21(15-19)32(35)36/h4-15,20,29-30H,3,16-17H2,1-2H3/t20-,29-/m0/s1. The molecule has 0 unspecified atom stereocenters. The first-order valence-corrected chi connectivity index (χ1v) is 12.2. The number of anilines is 2. The van der Waals surface area contributed by atoms with E-state index in [1.807, 2.05) is 48.5 Å². The second-order valence-corrected chi connectivity index (χ2v) is 9.21. The van der Waals surface area contributed by atoms with Gasteiger partial charge in [-0.25, -0.2) is 0 Å². The van der Waals surface area contributed by atoms with E-state index < -0.39 is 11.0 Å². The van der Waals surface area contributed by atoms with Gasteiger partial charge in [0.15, 0.2) is 5.78 Å². The van der Waals surface area contributed by atoms with Crippen molar-refractivity contribution in [1.82, 2.24) is 0 Å². The number of Topliss-reactive ketones (excluding diaryl/α,β-unsaturated/α-hetero) is 1. The van der Waals surface area contributed by atoms with E-state index in [0.717, 1.165) is 17.0 Å². The number of benzene rings is 3. The Bertz CT molecular complexity index is 1410. The van der Waals surface area contributed by atoms with E-state index in [9.17, 15) is 19.7 Å². The fourth-order valence-electron chi connectivity index (χ4n) is 5.27. The van der Waals surface area contributed by atoms with Gasteiger partial charge in [-0.2, -0.15) is 0 Å². The summed E-state index contributed by atoms with van der Waals surface area (Å²) in [6.07, 6.45) is 1.04. The minimum Gasteiger partial charge on any atom is -0.497 e. The van der Waals surface area contributed by atoms with E-state index in [4.69, 9.17) is 4.74 Å². The molecule has 0 saturated heterocycles. The third-order valence-electron chi connectivity index (χ3n) is 7.04. The minimum atomic E-state index is -0.789. The number of methoxy groups -OCH3 is 1. The first-order chi connectivity index (χ1) is 17.9. The molecule has 2 aliphatic rings. The summed E-state index contributed by atoms with van der Waals surface area (Å²) in [6.45, 7) is 1.77. The lowest BCUT2D eigenvalue weighted by atomic mass is 9.78. The number of hydrogen-bond donors (Lipinski definition) is 1. The summed E-state index contributed by atoms with van der Waals surface area (Å²) in [4.78, 5) is 40.1. The highest BCUT2D eigenvalue weighted by Crippen LogP contribution is 2.48. The molecule has 188 valence electrons. The Morgan fingerprint density at radius 3 is 2.51 bits per heavy atom. The average Bonchev–Trinajstić information content (AvgIpc) is 3.07. The molecule has 1 aliphatic heterocycles. The number of ketones is 1. The van der Waals surface area contributed by atoms with Gasteiger partial charge in [0.1, 0.15) is 5.75 Å². The number of nitro benzene ring substituents is 1. The zero-order valence-electron chi connectivity index (χ0n) is 20.6. The summed E-state index contributed by atoms with van der Waals surface area (Å²) in [5.41, 5.74) is 4.01. The minimum absolute atomic E-state index is 0.0593. The van der Waals surface area contributed by atoms with Crippen LogP contribution in [0.2, 0.25) is 0 Å². The molecule has 5 rings (SSSR count).